The lowest BCUT2D eigenvalue weighted by Crippen LogP contribution is -2.37. The topological polar surface area (TPSA) is 84.0 Å². The number of aliphatic imine (C=N–C) groups is 1. The Morgan fingerprint density at radius 1 is 1.06 bits per heavy atom. The fraction of sp³-hybridized carbons (Fsp3) is 0.364. The van der Waals surface area contributed by atoms with E-state index in [1.54, 1.807) is 26.3 Å². The Morgan fingerprint density at radius 3 is 2.55 bits per heavy atom. The summed E-state index contributed by atoms with van der Waals surface area (Å²) in [5.41, 5.74) is 1.89. The van der Waals surface area contributed by atoms with Crippen LogP contribution < -0.4 is 25.4 Å². The number of carbonyl (C=O) groups is 1. The zero-order valence-corrected chi connectivity index (χ0v) is 20.4. The lowest BCUT2D eigenvalue weighted by Gasteiger charge is -2.14. The summed E-state index contributed by atoms with van der Waals surface area (Å²) in [7, 11) is 3.24. The third-order valence-corrected chi connectivity index (χ3v) is 4.24. The molecule has 9 heteroatoms. The number of hydrogen-bond donors (Lipinski definition) is 3. The van der Waals surface area contributed by atoms with Crippen LogP contribution in [0.4, 0.5) is 4.39 Å². The molecule has 0 aromatic heterocycles. The van der Waals surface area contributed by atoms with Gasteiger partial charge in [0.2, 0.25) is 0 Å². The molecule has 0 unspecified atom stereocenters. The molecule has 0 bridgehead atoms. The summed E-state index contributed by atoms with van der Waals surface area (Å²) in [6.07, 6.45) is 0.684. The number of nitrogens with zero attached hydrogens (tertiary/aromatic N) is 1. The zero-order valence-electron chi connectivity index (χ0n) is 18.0. The number of likely N-dealkylation sites (N-methyl/N-ethyl adjacent to an activating group) is 1. The Balaban J connectivity index is 0.00000480. The fourth-order valence-corrected chi connectivity index (χ4v) is 2.76. The van der Waals surface area contributed by atoms with Gasteiger partial charge in [0.1, 0.15) is 5.82 Å². The van der Waals surface area contributed by atoms with Gasteiger partial charge in [0, 0.05) is 26.7 Å². The second-order valence-electron chi connectivity index (χ2n) is 6.46. The van der Waals surface area contributed by atoms with E-state index in [4.69, 9.17) is 9.47 Å². The first-order chi connectivity index (χ1) is 14.5. The first-order valence-electron chi connectivity index (χ1n) is 9.81. The average molecular weight is 544 g/mol. The van der Waals surface area contributed by atoms with Crippen molar-refractivity contribution in [3.05, 3.63) is 59.4 Å². The van der Waals surface area contributed by atoms with Crippen molar-refractivity contribution in [3.8, 4) is 11.5 Å². The molecule has 0 aliphatic heterocycles. The van der Waals surface area contributed by atoms with Crippen molar-refractivity contribution in [3.63, 3.8) is 0 Å². The van der Waals surface area contributed by atoms with E-state index >= 15 is 0 Å². The molecule has 170 valence electrons. The Morgan fingerprint density at radius 2 is 1.87 bits per heavy atom. The lowest BCUT2D eigenvalue weighted by molar-refractivity contribution is -0.123. The number of rotatable bonds is 10. The summed E-state index contributed by atoms with van der Waals surface area (Å²) in [4.78, 5) is 15.8. The van der Waals surface area contributed by atoms with Gasteiger partial charge in [-0.3, -0.25) is 9.79 Å². The highest BCUT2D eigenvalue weighted by Crippen LogP contribution is 2.28. The van der Waals surface area contributed by atoms with Crippen LogP contribution in [0.3, 0.4) is 0 Å². The smallest absolute Gasteiger partial charge is 0.257 e. The Labute approximate surface area is 199 Å². The van der Waals surface area contributed by atoms with Crippen LogP contribution in [0.2, 0.25) is 0 Å². The molecule has 0 atom stereocenters. The molecule has 2 rings (SSSR count). The van der Waals surface area contributed by atoms with Crippen molar-refractivity contribution in [1.29, 1.82) is 0 Å². The van der Waals surface area contributed by atoms with Gasteiger partial charge >= 0.3 is 0 Å². The van der Waals surface area contributed by atoms with Crippen LogP contribution in [-0.2, 0) is 17.8 Å². The fourth-order valence-electron chi connectivity index (χ4n) is 2.76. The SMILES string of the molecule is CCNC(=O)COc1ccc(CNC(=NC)NCCc2cccc(F)c2)cc1OC.I. The first-order valence-corrected chi connectivity index (χ1v) is 9.81. The number of benzene rings is 2. The summed E-state index contributed by atoms with van der Waals surface area (Å²) < 4.78 is 24.1. The predicted molar refractivity (Wildman–Crippen MR) is 131 cm³/mol. The predicted octanol–water partition coefficient (Wildman–Crippen LogP) is 2.87. The summed E-state index contributed by atoms with van der Waals surface area (Å²) >= 11 is 0. The van der Waals surface area contributed by atoms with Gasteiger partial charge in [0.25, 0.3) is 5.91 Å². The Kier molecular flexibility index (Phi) is 12.3. The number of nitrogens with one attached hydrogen (secondary N) is 3. The number of halogens is 2. The van der Waals surface area contributed by atoms with Crippen molar-refractivity contribution in [2.45, 2.75) is 19.9 Å². The Bertz CT molecular complexity index is 864. The Hall–Kier alpha value is -2.56. The number of carbonyl (C=O) groups excluding carboxylic acids is 1. The van der Waals surface area contributed by atoms with Gasteiger partial charge in [-0.2, -0.15) is 0 Å². The van der Waals surface area contributed by atoms with Crippen molar-refractivity contribution in [1.82, 2.24) is 16.0 Å². The molecule has 0 saturated heterocycles. The number of guanidine groups is 1. The maximum atomic E-state index is 13.2. The van der Waals surface area contributed by atoms with Crippen molar-refractivity contribution in [2.75, 3.05) is 33.9 Å². The molecule has 2 aromatic rings. The van der Waals surface area contributed by atoms with Gasteiger partial charge in [-0.1, -0.05) is 18.2 Å². The molecular formula is C22H30FIN4O3. The molecule has 0 aliphatic carbocycles. The molecular weight excluding hydrogens is 514 g/mol. The molecule has 0 radical (unpaired) electrons. The van der Waals surface area contributed by atoms with Gasteiger partial charge in [-0.05, 0) is 48.7 Å². The van der Waals surface area contributed by atoms with Crippen LogP contribution in [0, 0.1) is 5.82 Å². The van der Waals surface area contributed by atoms with E-state index in [2.05, 4.69) is 20.9 Å². The second kappa shape index (κ2) is 14.4. The van der Waals surface area contributed by atoms with Crippen LogP contribution >= 0.6 is 24.0 Å². The molecule has 0 saturated carbocycles. The minimum Gasteiger partial charge on any atom is -0.493 e. The summed E-state index contributed by atoms with van der Waals surface area (Å²) in [5, 5.41) is 9.11. The standard InChI is InChI=1S/C22H29FN4O3.HI/c1-4-25-21(28)15-30-19-9-8-17(13-20(19)29-3)14-27-22(24-2)26-11-10-16-6-5-7-18(23)12-16;/h5-9,12-13H,4,10-11,14-15H2,1-3H3,(H,25,28)(H2,24,26,27);1H. The summed E-state index contributed by atoms with van der Waals surface area (Å²) in [6.45, 7) is 3.49. The van der Waals surface area contributed by atoms with Crippen molar-refractivity contribution >= 4 is 35.8 Å². The van der Waals surface area contributed by atoms with E-state index < -0.39 is 0 Å². The highest BCUT2D eigenvalue weighted by Gasteiger charge is 2.09. The van der Waals surface area contributed by atoms with Crippen LogP contribution in [0.15, 0.2) is 47.5 Å². The van der Waals surface area contributed by atoms with E-state index in [0.29, 0.717) is 43.5 Å². The van der Waals surface area contributed by atoms with Gasteiger partial charge < -0.3 is 25.4 Å². The molecule has 1 amide bonds. The number of amides is 1. The van der Waals surface area contributed by atoms with Gasteiger partial charge in [-0.25, -0.2) is 4.39 Å². The highest BCUT2D eigenvalue weighted by atomic mass is 127. The molecule has 0 spiro atoms. The largest absolute Gasteiger partial charge is 0.493 e. The summed E-state index contributed by atoms with van der Waals surface area (Å²) in [5.74, 6) is 1.28. The molecule has 31 heavy (non-hydrogen) atoms. The third-order valence-electron chi connectivity index (χ3n) is 4.24. The minimum absolute atomic E-state index is 0. The molecule has 7 nitrogen and oxygen atoms in total. The van der Waals surface area contributed by atoms with Gasteiger partial charge in [0.15, 0.2) is 24.1 Å². The van der Waals surface area contributed by atoms with E-state index in [0.717, 1.165) is 11.1 Å². The molecule has 0 heterocycles. The average Bonchev–Trinajstić information content (AvgIpc) is 2.75. The highest BCUT2D eigenvalue weighted by molar-refractivity contribution is 14.0. The maximum absolute atomic E-state index is 13.2. The zero-order chi connectivity index (χ0) is 21.8. The number of ether oxygens (including phenoxy) is 2. The monoisotopic (exact) mass is 544 g/mol. The van der Waals surface area contributed by atoms with Gasteiger partial charge in [-0.15, -0.1) is 24.0 Å². The van der Waals surface area contributed by atoms with E-state index in [1.165, 1.54) is 12.1 Å². The van der Waals surface area contributed by atoms with E-state index in [1.807, 2.05) is 25.1 Å². The van der Waals surface area contributed by atoms with Crippen molar-refractivity contribution < 1.29 is 18.7 Å². The van der Waals surface area contributed by atoms with E-state index in [9.17, 15) is 9.18 Å². The normalized spacial score (nSPS) is 10.6. The van der Waals surface area contributed by atoms with Gasteiger partial charge in [0.05, 0.1) is 7.11 Å². The van der Waals surface area contributed by atoms with E-state index in [-0.39, 0.29) is 42.3 Å². The third kappa shape index (κ3) is 9.41. The van der Waals surface area contributed by atoms with Crippen LogP contribution in [0.1, 0.15) is 18.1 Å². The first kappa shape index (κ1) is 26.5. The lowest BCUT2D eigenvalue weighted by atomic mass is 10.1. The maximum Gasteiger partial charge on any atom is 0.257 e. The molecule has 2 aromatic carbocycles. The summed E-state index contributed by atoms with van der Waals surface area (Å²) in [6, 6.07) is 12.1. The van der Waals surface area contributed by atoms with Crippen LogP contribution in [0.5, 0.6) is 11.5 Å². The van der Waals surface area contributed by atoms with Crippen molar-refractivity contribution in [2.24, 2.45) is 4.99 Å². The quantitative estimate of drug-likeness (QED) is 0.244. The van der Waals surface area contributed by atoms with Crippen LogP contribution in [0.25, 0.3) is 0 Å². The molecule has 0 fully saturated rings. The number of hydrogen-bond acceptors (Lipinski definition) is 4. The minimum atomic E-state index is -0.234. The number of methoxy groups -OCH3 is 1. The molecule has 0 aliphatic rings. The van der Waals surface area contributed by atoms with Crippen LogP contribution in [-0.4, -0.2) is 45.7 Å². The molecule has 3 N–H and O–H groups in total. The second-order valence-corrected chi connectivity index (χ2v) is 6.46.